The van der Waals surface area contributed by atoms with Gasteiger partial charge in [0.05, 0.1) is 15.8 Å². The summed E-state index contributed by atoms with van der Waals surface area (Å²) in [7, 11) is -3.23. The van der Waals surface area contributed by atoms with Crippen molar-refractivity contribution in [3.63, 3.8) is 0 Å². The van der Waals surface area contributed by atoms with E-state index in [9.17, 15) is 13.2 Å². The van der Waals surface area contributed by atoms with Gasteiger partial charge in [-0.15, -0.1) is 11.3 Å². The number of amides is 1. The van der Waals surface area contributed by atoms with Gasteiger partial charge in [-0.3, -0.25) is 10.1 Å². The Hall–Kier alpha value is -1.99. The van der Waals surface area contributed by atoms with Crippen molar-refractivity contribution in [1.29, 1.82) is 0 Å². The van der Waals surface area contributed by atoms with Crippen molar-refractivity contribution in [3.05, 3.63) is 47.0 Å². The third kappa shape index (κ3) is 4.67. The molecule has 0 spiro atoms. The van der Waals surface area contributed by atoms with E-state index in [1.165, 1.54) is 24.2 Å². The summed E-state index contributed by atoms with van der Waals surface area (Å²) in [4.78, 5) is 18.0. The lowest BCUT2D eigenvalue weighted by atomic mass is 9.98. The summed E-state index contributed by atoms with van der Waals surface area (Å²) >= 11 is 1.43. The summed E-state index contributed by atoms with van der Waals surface area (Å²) in [5, 5.41) is 5.27. The van der Waals surface area contributed by atoms with E-state index in [1.807, 2.05) is 5.38 Å². The monoisotopic (exact) mass is 444 g/mol. The van der Waals surface area contributed by atoms with Gasteiger partial charge >= 0.3 is 0 Å². The molecule has 1 N–H and O–H groups in total. The molecular weight excluding hydrogens is 416 g/mol. The normalized spacial score (nSPS) is 18.2. The number of carbonyl (C=O) groups excluding carboxylic acids is 1. The molecule has 30 heavy (non-hydrogen) atoms. The quantitative estimate of drug-likeness (QED) is 0.579. The zero-order valence-corrected chi connectivity index (χ0v) is 19.1. The minimum Gasteiger partial charge on any atom is -0.298 e. The van der Waals surface area contributed by atoms with Crippen LogP contribution < -0.4 is 5.32 Å². The predicted molar refractivity (Wildman–Crippen MR) is 121 cm³/mol. The first-order chi connectivity index (χ1) is 14.3. The van der Waals surface area contributed by atoms with E-state index in [0.717, 1.165) is 36.9 Å². The zero-order valence-electron chi connectivity index (χ0n) is 17.4. The molecule has 1 heterocycles. The van der Waals surface area contributed by atoms with E-state index in [-0.39, 0.29) is 11.2 Å². The number of anilines is 1. The number of benzene rings is 1. The summed E-state index contributed by atoms with van der Waals surface area (Å²) in [6.07, 6.45) is 8.07. The van der Waals surface area contributed by atoms with Crippen LogP contribution >= 0.6 is 11.3 Å². The Morgan fingerprint density at radius 3 is 2.37 bits per heavy atom. The highest BCUT2D eigenvalue weighted by molar-refractivity contribution is 7.92. The molecule has 2 saturated carbocycles. The first kappa shape index (κ1) is 21.2. The van der Waals surface area contributed by atoms with Gasteiger partial charge in [0.2, 0.25) is 0 Å². The summed E-state index contributed by atoms with van der Waals surface area (Å²) < 4.78 is 25.0. The van der Waals surface area contributed by atoms with Crippen LogP contribution in [-0.2, 0) is 14.6 Å². The first-order valence-corrected chi connectivity index (χ1v) is 13.1. The van der Waals surface area contributed by atoms with Crippen LogP contribution in [0.3, 0.4) is 0 Å². The Labute approximate surface area is 182 Å². The highest BCUT2D eigenvalue weighted by Gasteiger charge is 2.36. The number of carbonyl (C=O) groups is 1. The molecule has 4 rings (SSSR count). The lowest BCUT2D eigenvalue weighted by Gasteiger charge is -2.12. The molecule has 5 nitrogen and oxygen atoms in total. The number of aromatic nitrogens is 1. The van der Waals surface area contributed by atoms with Gasteiger partial charge < -0.3 is 0 Å². The van der Waals surface area contributed by atoms with Crippen LogP contribution in [0.2, 0.25) is 0 Å². The van der Waals surface area contributed by atoms with Gasteiger partial charge in [-0.2, -0.15) is 0 Å². The van der Waals surface area contributed by atoms with Crippen molar-refractivity contribution in [2.45, 2.75) is 68.4 Å². The van der Waals surface area contributed by atoms with Crippen molar-refractivity contribution in [2.24, 2.45) is 5.92 Å². The maximum atomic E-state index is 13.1. The molecule has 2 aliphatic rings. The molecule has 2 aliphatic carbocycles. The number of nitrogens with zero attached hydrogens (tertiary/aromatic N) is 1. The van der Waals surface area contributed by atoms with Crippen molar-refractivity contribution in [2.75, 3.05) is 5.32 Å². The highest BCUT2D eigenvalue weighted by Crippen LogP contribution is 2.35. The molecule has 160 valence electrons. The minimum absolute atomic E-state index is 0.190. The van der Waals surface area contributed by atoms with E-state index < -0.39 is 9.84 Å². The van der Waals surface area contributed by atoms with Crippen LogP contribution in [0.1, 0.15) is 69.5 Å². The van der Waals surface area contributed by atoms with Gasteiger partial charge in [0.25, 0.3) is 5.91 Å². The Balaban J connectivity index is 1.60. The van der Waals surface area contributed by atoms with Crippen LogP contribution in [0.25, 0.3) is 5.57 Å². The fourth-order valence-corrected chi connectivity index (χ4v) is 6.35. The summed E-state index contributed by atoms with van der Waals surface area (Å²) in [6, 6.07) is 6.80. The molecule has 1 aromatic heterocycles. The largest absolute Gasteiger partial charge is 0.298 e. The van der Waals surface area contributed by atoms with Gasteiger partial charge in [0, 0.05) is 11.0 Å². The van der Waals surface area contributed by atoms with E-state index in [4.69, 9.17) is 0 Å². The fraction of sp³-hybridized carbons (Fsp3) is 0.478. The van der Waals surface area contributed by atoms with E-state index in [0.29, 0.717) is 27.4 Å². The van der Waals surface area contributed by atoms with Crippen molar-refractivity contribution in [3.8, 4) is 0 Å². The van der Waals surface area contributed by atoms with Crippen molar-refractivity contribution in [1.82, 2.24) is 4.98 Å². The van der Waals surface area contributed by atoms with Gasteiger partial charge in [0.1, 0.15) is 0 Å². The van der Waals surface area contributed by atoms with E-state index in [2.05, 4.69) is 30.2 Å². The Morgan fingerprint density at radius 2 is 1.80 bits per heavy atom. The van der Waals surface area contributed by atoms with E-state index >= 15 is 0 Å². The number of sulfone groups is 1. The second-order valence-corrected chi connectivity index (χ2v) is 11.7. The molecule has 0 aliphatic heterocycles. The number of allylic oxidation sites excluding steroid dienone is 1. The molecule has 1 amide bonds. The highest BCUT2D eigenvalue weighted by atomic mass is 32.2. The topological polar surface area (TPSA) is 76.1 Å². The predicted octanol–water partition coefficient (Wildman–Crippen LogP) is 5.41. The molecule has 0 radical (unpaired) electrons. The van der Waals surface area contributed by atoms with Gasteiger partial charge in [-0.05, 0) is 55.2 Å². The average molecular weight is 445 g/mol. The first-order valence-electron chi connectivity index (χ1n) is 10.7. The zero-order chi connectivity index (χ0) is 21.3. The molecule has 7 heteroatoms. The lowest BCUT2D eigenvalue weighted by Crippen LogP contribution is -2.15. The molecule has 1 aromatic carbocycles. The third-order valence-corrected chi connectivity index (χ3v) is 8.89. The molecule has 2 aromatic rings. The Bertz CT molecular complexity index is 1040. The molecule has 0 saturated heterocycles. The van der Waals surface area contributed by atoms with Crippen molar-refractivity contribution >= 4 is 37.8 Å². The third-order valence-electron chi connectivity index (χ3n) is 5.84. The SMILES string of the molecule is CC(C)c1csc(NC(=O)/C(=C/C2CCCC2)c2ccc(S(=O)(=O)C3CC3)cc2)n1. The number of thiazole rings is 1. The molecule has 0 unspecified atom stereocenters. The average Bonchev–Trinajstić information content (AvgIpc) is 3.27. The maximum absolute atomic E-state index is 13.1. The number of rotatable bonds is 7. The maximum Gasteiger partial charge on any atom is 0.257 e. The van der Waals surface area contributed by atoms with Crippen LogP contribution in [0, 0.1) is 5.92 Å². The summed E-state index contributed by atoms with van der Waals surface area (Å²) in [6.45, 7) is 4.15. The standard InChI is InChI=1S/C23H28N2O3S2/c1-15(2)21-14-29-23(24-21)25-22(26)20(13-16-5-3-4-6-16)17-7-9-18(10-8-17)30(27,28)19-11-12-19/h7-10,13-16,19H,3-6,11-12H2,1-2H3,(H,24,25,26)/b20-13+. The van der Waals surface area contributed by atoms with Crippen LogP contribution in [0.15, 0.2) is 40.6 Å². The second-order valence-electron chi connectivity index (χ2n) is 8.58. The number of hydrogen-bond donors (Lipinski definition) is 1. The molecular formula is C23H28N2O3S2. The van der Waals surface area contributed by atoms with E-state index in [1.54, 1.807) is 24.3 Å². The van der Waals surface area contributed by atoms with Crippen molar-refractivity contribution < 1.29 is 13.2 Å². The summed E-state index contributed by atoms with van der Waals surface area (Å²) in [5.41, 5.74) is 2.31. The van der Waals surface area contributed by atoms with Gasteiger partial charge in [-0.1, -0.05) is 44.9 Å². The number of hydrogen-bond acceptors (Lipinski definition) is 5. The minimum atomic E-state index is -3.23. The van der Waals surface area contributed by atoms with Crippen LogP contribution in [0.5, 0.6) is 0 Å². The van der Waals surface area contributed by atoms with Gasteiger partial charge in [-0.25, -0.2) is 13.4 Å². The molecule has 0 atom stereocenters. The second kappa shape index (κ2) is 8.63. The molecule has 2 fully saturated rings. The summed E-state index contributed by atoms with van der Waals surface area (Å²) in [5.74, 6) is 0.494. The Kier molecular flexibility index (Phi) is 6.11. The smallest absolute Gasteiger partial charge is 0.257 e. The Morgan fingerprint density at radius 1 is 1.13 bits per heavy atom. The number of nitrogens with one attached hydrogen (secondary N) is 1. The van der Waals surface area contributed by atoms with Gasteiger partial charge in [0.15, 0.2) is 15.0 Å². The van der Waals surface area contributed by atoms with Crippen LogP contribution in [-0.4, -0.2) is 24.6 Å². The molecule has 0 bridgehead atoms. The fourth-order valence-electron chi connectivity index (χ4n) is 3.83. The van der Waals surface area contributed by atoms with Crippen LogP contribution in [0.4, 0.5) is 5.13 Å². The lowest BCUT2D eigenvalue weighted by molar-refractivity contribution is -0.111.